The standard InChI is InChI=1S/C14H24N2O4/c1-3-14(12(17)18)4-6-16(7-5-14)13(19)15-10-8-11(9-10)20-2/h10-11H,3-9H2,1-2H3,(H,15,19)(H,17,18). The lowest BCUT2D eigenvalue weighted by molar-refractivity contribution is -0.152. The van der Waals surface area contributed by atoms with Gasteiger partial charge in [-0.25, -0.2) is 4.79 Å². The van der Waals surface area contributed by atoms with Crippen molar-refractivity contribution >= 4 is 12.0 Å². The van der Waals surface area contributed by atoms with Crippen molar-refractivity contribution in [3.05, 3.63) is 0 Å². The summed E-state index contributed by atoms with van der Waals surface area (Å²) in [6.07, 6.45) is 3.70. The van der Waals surface area contributed by atoms with Crippen molar-refractivity contribution in [1.82, 2.24) is 10.2 Å². The lowest BCUT2D eigenvalue weighted by Gasteiger charge is -2.40. The number of ether oxygens (including phenoxy) is 1. The molecule has 0 unspecified atom stereocenters. The number of likely N-dealkylation sites (tertiary alicyclic amines) is 1. The molecule has 1 heterocycles. The van der Waals surface area contributed by atoms with Gasteiger partial charge in [0.15, 0.2) is 0 Å². The van der Waals surface area contributed by atoms with Gasteiger partial charge in [-0.15, -0.1) is 0 Å². The lowest BCUT2D eigenvalue weighted by Crippen LogP contribution is -2.54. The van der Waals surface area contributed by atoms with Crippen LogP contribution in [0.4, 0.5) is 4.79 Å². The Morgan fingerprint density at radius 2 is 1.95 bits per heavy atom. The third-order valence-electron chi connectivity index (χ3n) is 4.89. The van der Waals surface area contributed by atoms with Crippen LogP contribution in [0.15, 0.2) is 0 Å². The second-order valence-corrected chi connectivity index (χ2v) is 5.90. The predicted molar refractivity (Wildman–Crippen MR) is 73.5 cm³/mol. The highest BCUT2D eigenvalue weighted by molar-refractivity contribution is 5.77. The molecular weight excluding hydrogens is 260 g/mol. The Labute approximate surface area is 119 Å². The van der Waals surface area contributed by atoms with Crippen LogP contribution in [0.5, 0.6) is 0 Å². The largest absolute Gasteiger partial charge is 0.481 e. The van der Waals surface area contributed by atoms with Gasteiger partial charge in [-0.3, -0.25) is 4.79 Å². The van der Waals surface area contributed by atoms with Crippen molar-refractivity contribution in [1.29, 1.82) is 0 Å². The van der Waals surface area contributed by atoms with Crippen LogP contribution < -0.4 is 5.32 Å². The minimum absolute atomic E-state index is 0.0698. The van der Waals surface area contributed by atoms with Crippen molar-refractivity contribution in [2.75, 3.05) is 20.2 Å². The van der Waals surface area contributed by atoms with Crippen molar-refractivity contribution in [2.45, 2.75) is 51.2 Å². The summed E-state index contributed by atoms with van der Waals surface area (Å²) < 4.78 is 5.18. The number of aliphatic carboxylic acids is 1. The molecule has 0 aromatic rings. The highest BCUT2D eigenvalue weighted by atomic mass is 16.5. The second kappa shape index (κ2) is 5.99. The van der Waals surface area contributed by atoms with Crippen LogP contribution in [0.2, 0.25) is 0 Å². The first-order valence-corrected chi connectivity index (χ1v) is 7.32. The topological polar surface area (TPSA) is 78.9 Å². The molecule has 2 N–H and O–H groups in total. The number of nitrogens with zero attached hydrogens (tertiary/aromatic N) is 1. The number of hydrogen-bond donors (Lipinski definition) is 2. The fourth-order valence-electron chi connectivity index (χ4n) is 3.00. The first-order chi connectivity index (χ1) is 9.50. The van der Waals surface area contributed by atoms with E-state index in [9.17, 15) is 14.7 Å². The van der Waals surface area contributed by atoms with Gasteiger partial charge in [0, 0.05) is 26.2 Å². The zero-order chi connectivity index (χ0) is 14.8. The van der Waals surface area contributed by atoms with Crippen LogP contribution in [-0.4, -0.2) is 54.4 Å². The molecule has 0 spiro atoms. The van der Waals surface area contributed by atoms with Gasteiger partial charge in [-0.05, 0) is 32.1 Å². The molecule has 0 atom stereocenters. The molecule has 6 nitrogen and oxygen atoms in total. The summed E-state index contributed by atoms with van der Waals surface area (Å²) in [6, 6.07) is 0.129. The van der Waals surface area contributed by atoms with Crippen molar-refractivity contribution in [3.63, 3.8) is 0 Å². The number of amides is 2. The molecule has 2 fully saturated rings. The molecule has 0 aromatic heterocycles. The summed E-state index contributed by atoms with van der Waals surface area (Å²) in [7, 11) is 1.68. The number of nitrogens with one attached hydrogen (secondary N) is 1. The van der Waals surface area contributed by atoms with E-state index in [0.717, 1.165) is 12.8 Å². The van der Waals surface area contributed by atoms with Crippen molar-refractivity contribution in [3.8, 4) is 0 Å². The van der Waals surface area contributed by atoms with Crippen LogP contribution in [0, 0.1) is 5.41 Å². The van der Waals surface area contributed by atoms with E-state index in [2.05, 4.69) is 5.32 Å². The van der Waals surface area contributed by atoms with Gasteiger partial charge < -0.3 is 20.1 Å². The van der Waals surface area contributed by atoms with Gasteiger partial charge in [0.25, 0.3) is 0 Å². The molecule has 1 saturated carbocycles. The molecule has 0 radical (unpaired) electrons. The van der Waals surface area contributed by atoms with E-state index in [0.29, 0.717) is 32.4 Å². The van der Waals surface area contributed by atoms with Gasteiger partial charge in [0.05, 0.1) is 11.5 Å². The average Bonchev–Trinajstić information content (AvgIpc) is 2.41. The molecule has 2 amide bonds. The normalized spacial score (nSPS) is 28.6. The van der Waals surface area contributed by atoms with E-state index < -0.39 is 11.4 Å². The highest BCUT2D eigenvalue weighted by Crippen LogP contribution is 2.35. The Morgan fingerprint density at radius 1 is 1.35 bits per heavy atom. The molecule has 0 aromatic carbocycles. The number of urea groups is 1. The number of carbonyl (C=O) groups is 2. The number of carboxylic acids is 1. The van der Waals surface area contributed by atoms with E-state index in [1.54, 1.807) is 12.0 Å². The van der Waals surface area contributed by atoms with Crippen molar-refractivity contribution < 1.29 is 19.4 Å². The third-order valence-corrected chi connectivity index (χ3v) is 4.89. The average molecular weight is 284 g/mol. The number of hydrogen-bond acceptors (Lipinski definition) is 3. The van der Waals surface area contributed by atoms with E-state index >= 15 is 0 Å². The Morgan fingerprint density at radius 3 is 2.40 bits per heavy atom. The molecule has 6 heteroatoms. The smallest absolute Gasteiger partial charge is 0.317 e. The van der Waals surface area contributed by atoms with Gasteiger partial charge in [-0.2, -0.15) is 0 Å². The van der Waals surface area contributed by atoms with Gasteiger partial charge in [0.1, 0.15) is 0 Å². The first kappa shape index (κ1) is 15.1. The second-order valence-electron chi connectivity index (χ2n) is 5.90. The van der Waals surface area contributed by atoms with E-state index in [4.69, 9.17) is 4.74 Å². The molecule has 2 aliphatic rings. The Bertz CT molecular complexity index is 371. The zero-order valence-electron chi connectivity index (χ0n) is 12.2. The molecule has 2 rings (SSSR count). The summed E-state index contributed by atoms with van der Waals surface area (Å²) in [6.45, 7) is 2.95. The molecule has 1 saturated heterocycles. The molecular formula is C14H24N2O4. The highest BCUT2D eigenvalue weighted by Gasteiger charge is 2.41. The minimum atomic E-state index is -0.734. The Hall–Kier alpha value is -1.30. The maximum atomic E-state index is 12.1. The summed E-state index contributed by atoms with van der Waals surface area (Å²) in [4.78, 5) is 25.2. The number of piperidine rings is 1. The van der Waals surface area contributed by atoms with Crippen LogP contribution in [0.25, 0.3) is 0 Å². The SMILES string of the molecule is CCC1(C(=O)O)CCN(C(=O)NC2CC(OC)C2)CC1. The summed E-state index contributed by atoms with van der Waals surface area (Å²) in [5.41, 5.74) is -0.644. The van der Waals surface area contributed by atoms with Crippen LogP contribution >= 0.6 is 0 Å². The molecule has 1 aliphatic heterocycles. The monoisotopic (exact) mass is 284 g/mol. The summed E-state index contributed by atoms with van der Waals surface area (Å²) in [5.74, 6) is -0.734. The van der Waals surface area contributed by atoms with Crippen molar-refractivity contribution in [2.24, 2.45) is 5.41 Å². The maximum Gasteiger partial charge on any atom is 0.317 e. The van der Waals surface area contributed by atoms with Gasteiger partial charge in [0.2, 0.25) is 0 Å². The maximum absolute atomic E-state index is 12.1. The van der Waals surface area contributed by atoms with Gasteiger partial charge in [-0.1, -0.05) is 6.92 Å². The minimum Gasteiger partial charge on any atom is -0.481 e. The van der Waals surface area contributed by atoms with E-state index in [1.807, 2.05) is 6.92 Å². The number of carbonyl (C=O) groups excluding carboxylic acids is 1. The Kier molecular flexibility index (Phi) is 4.52. The van der Waals surface area contributed by atoms with Gasteiger partial charge >= 0.3 is 12.0 Å². The quantitative estimate of drug-likeness (QED) is 0.819. The molecule has 114 valence electrons. The van der Waals surface area contributed by atoms with E-state index in [1.165, 1.54) is 0 Å². The number of rotatable bonds is 4. The van der Waals surface area contributed by atoms with E-state index in [-0.39, 0.29) is 18.2 Å². The fraction of sp³-hybridized carbons (Fsp3) is 0.857. The first-order valence-electron chi connectivity index (χ1n) is 7.32. The zero-order valence-corrected chi connectivity index (χ0v) is 12.2. The fourth-order valence-corrected chi connectivity index (χ4v) is 3.00. The Balaban J connectivity index is 1.79. The number of carboxylic acid groups (broad SMARTS) is 1. The number of methoxy groups -OCH3 is 1. The summed E-state index contributed by atoms with van der Waals surface area (Å²) in [5, 5.41) is 12.3. The molecule has 0 bridgehead atoms. The lowest BCUT2D eigenvalue weighted by atomic mass is 9.76. The van der Waals surface area contributed by atoms with Crippen LogP contribution in [0.3, 0.4) is 0 Å². The predicted octanol–water partition coefficient (Wildman–Crippen LogP) is 1.45. The third kappa shape index (κ3) is 2.90. The summed E-state index contributed by atoms with van der Waals surface area (Å²) >= 11 is 0. The van der Waals surface area contributed by atoms with Crippen LogP contribution in [-0.2, 0) is 9.53 Å². The molecule has 1 aliphatic carbocycles. The van der Waals surface area contributed by atoms with Crippen LogP contribution in [0.1, 0.15) is 39.0 Å². The molecule has 20 heavy (non-hydrogen) atoms.